The first-order valence-corrected chi connectivity index (χ1v) is 5.58. The van der Waals surface area contributed by atoms with Crippen LogP contribution in [0.3, 0.4) is 0 Å². The summed E-state index contributed by atoms with van der Waals surface area (Å²) in [6, 6.07) is 7.59. The van der Waals surface area contributed by atoms with Crippen LogP contribution in [0, 0.1) is 0 Å². The molecule has 0 radical (unpaired) electrons. The molecular weight excluding hydrogens is 216 g/mol. The number of hydrogen-bond acceptors (Lipinski definition) is 3. The summed E-state index contributed by atoms with van der Waals surface area (Å²) in [5.74, 6) is 0. The predicted molar refractivity (Wildman–Crippen MR) is 67.0 cm³/mol. The van der Waals surface area contributed by atoms with Gasteiger partial charge in [0.1, 0.15) is 0 Å². The summed E-state index contributed by atoms with van der Waals surface area (Å²) >= 11 is 0. The van der Waals surface area contributed by atoms with E-state index in [0.29, 0.717) is 6.61 Å². The Bertz CT molecular complexity index is 520. The van der Waals surface area contributed by atoms with Crippen molar-refractivity contribution in [3.05, 3.63) is 36.7 Å². The summed E-state index contributed by atoms with van der Waals surface area (Å²) in [5.41, 5.74) is 0.719. The number of ether oxygens (including phenoxy) is 1. The normalized spacial score (nSPS) is 10.2. The lowest BCUT2D eigenvalue weighted by Crippen LogP contribution is -2.14. The van der Waals surface area contributed by atoms with Crippen LogP contribution < -0.4 is 5.32 Å². The number of aromatic nitrogens is 1. The lowest BCUT2D eigenvalue weighted by Gasteiger charge is -2.08. The Balaban J connectivity index is 2.21. The Hall–Kier alpha value is -2.10. The van der Waals surface area contributed by atoms with Gasteiger partial charge in [-0.2, -0.15) is 0 Å². The largest absolute Gasteiger partial charge is 0.449 e. The van der Waals surface area contributed by atoms with Crippen LogP contribution in [0.1, 0.15) is 13.3 Å². The average molecular weight is 230 g/mol. The fraction of sp³-hybridized carbons (Fsp3) is 0.231. The highest BCUT2D eigenvalue weighted by Crippen LogP contribution is 2.21. The van der Waals surface area contributed by atoms with E-state index in [-0.39, 0.29) is 0 Å². The molecule has 0 spiro atoms. The van der Waals surface area contributed by atoms with E-state index in [4.69, 9.17) is 4.74 Å². The molecule has 1 aromatic heterocycles. The molecule has 2 rings (SSSR count). The smallest absolute Gasteiger partial charge is 0.411 e. The molecule has 1 heterocycles. The van der Waals surface area contributed by atoms with Crippen molar-refractivity contribution in [3.63, 3.8) is 0 Å². The van der Waals surface area contributed by atoms with Crippen molar-refractivity contribution in [3.8, 4) is 0 Å². The van der Waals surface area contributed by atoms with Gasteiger partial charge in [-0.1, -0.05) is 19.1 Å². The van der Waals surface area contributed by atoms with Crippen molar-refractivity contribution in [2.45, 2.75) is 13.3 Å². The molecule has 4 nitrogen and oxygen atoms in total. The predicted octanol–water partition coefficient (Wildman–Crippen LogP) is 3.19. The maximum absolute atomic E-state index is 11.5. The molecule has 4 heteroatoms. The number of benzene rings is 1. The fourth-order valence-electron chi connectivity index (χ4n) is 1.56. The van der Waals surface area contributed by atoms with Crippen LogP contribution in [-0.2, 0) is 4.74 Å². The van der Waals surface area contributed by atoms with Crippen LogP contribution in [-0.4, -0.2) is 17.7 Å². The number of carbonyl (C=O) groups excluding carboxylic acids is 1. The maximum Gasteiger partial charge on any atom is 0.411 e. The first-order chi connectivity index (χ1) is 8.31. The molecule has 0 fully saturated rings. The minimum absolute atomic E-state index is 0.425. The molecule has 0 aliphatic rings. The number of fused-ring (bicyclic) bond motifs is 1. The minimum atomic E-state index is -0.428. The second-order valence-electron chi connectivity index (χ2n) is 3.66. The van der Waals surface area contributed by atoms with Crippen molar-refractivity contribution in [2.24, 2.45) is 0 Å². The third-order valence-electron chi connectivity index (χ3n) is 2.36. The number of hydrogen-bond donors (Lipinski definition) is 1. The van der Waals surface area contributed by atoms with E-state index in [1.165, 1.54) is 0 Å². The highest BCUT2D eigenvalue weighted by molar-refractivity contribution is 5.99. The summed E-state index contributed by atoms with van der Waals surface area (Å²) in [6.07, 6.45) is 3.83. The quantitative estimate of drug-likeness (QED) is 0.880. The van der Waals surface area contributed by atoms with Gasteiger partial charge in [0.25, 0.3) is 0 Å². The van der Waals surface area contributed by atoms with E-state index < -0.39 is 6.09 Å². The number of carbonyl (C=O) groups is 1. The molecule has 88 valence electrons. The number of pyridine rings is 1. The molecule has 0 saturated heterocycles. The zero-order chi connectivity index (χ0) is 12.1. The van der Waals surface area contributed by atoms with Crippen molar-refractivity contribution >= 4 is 22.6 Å². The third kappa shape index (κ3) is 2.72. The first kappa shape index (κ1) is 11.4. The molecule has 17 heavy (non-hydrogen) atoms. The summed E-state index contributed by atoms with van der Waals surface area (Å²) < 4.78 is 4.97. The van der Waals surface area contributed by atoms with Crippen LogP contribution in [0.15, 0.2) is 36.7 Å². The molecule has 0 bridgehead atoms. The van der Waals surface area contributed by atoms with Crippen molar-refractivity contribution in [1.82, 2.24) is 4.98 Å². The van der Waals surface area contributed by atoms with Gasteiger partial charge in [-0.05, 0) is 23.9 Å². The zero-order valence-corrected chi connectivity index (χ0v) is 9.64. The number of anilines is 1. The van der Waals surface area contributed by atoms with Crippen LogP contribution in [0.4, 0.5) is 10.5 Å². The van der Waals surface area contributed by atoms with E-state index in [1.807, 2.05) is 31.2 Å². The summed E-state index contributed by atoms with van der Waals surface area (Å²) in [6.45, 7) is 2.38. The molecular formula is C13H14N2O2. The second-order valence-corrected chi connectivity index (χ2v) is 3.66. The van der Waals surface area contributed by atoms with Crippen LogP contribution >= 0.6 is 0 Å². The maximum atomic E-state index is 11.5. The molecule has 0 aliphatic carbocycles. The molecule has 0 saturated carbocycles. The third-order valence-corrected chi connectivity index (χ3v) is 2.36. The molecule has 2 aromatic rings. The second kappa shape index (κ2) is 5.30. The molecule has 1 aromatic carbocycles. The topological polar surface area (TPSA) is 51.2 Å². The van der Waals surface area contributed by atoms with Crippen LogP contribution in [0.5, 0.6) is 0 Å². The average Bonchev–Trinajstić information content (AvgIpc) is 2.37. The minimum Gasteiger partial charge on any atom is -0.449 e. The van der Waals surface area contributed by atoms with Crippen molar-refractivity contribution in [1.29, 1.82) is 0 Å². The van der Waals surface area contributed by atoms with Gasteiger partial charge in [-0.25, -0.2) is 4.79 Å². The van der Waals surface area contributed by atoms with Gasteiger partial charge < -0.3 is 4.74 Å². The Labute approximate surface area is 99.6 Å². The first-order valence-electron chi connectivity index (χ1n) is 5.58. The Morgan fingerprint density at radius 3 is 3.12 bits per heavy atom. The zero-order valence-electron chi connectivity index (χ0n) is 9.64. The highest BCUT2D eigenvalue weighted by atomic mass is 16.5. The van der Waals surface area contributed by atoms with E-state index in [0.717, 1.165) is 22.9 Å². The van der Waals surface area contributed by atoms with Gasteiger partial charge in [-0.3, -0.25) is 10.3 Å². The Kier molecular flexibility index (Phi) is 3.55. The van der Waals surface area contributed by atoms with Gasteiger partial charge in [0.2, 0.25) is 0 Å². The van der Waals surface area contributed by atoms with Crippen molar-refractivity contribution < 1.29 is 9.53 Å². The summed E-state index contributed by atoms with van der Waals surface area (Å²) in [5, 5.41) is 4.66. The molecule has 0 atom stereocenters. The highest BCUT2D eigenvalue weighted by Gasteiger charge is 2.05. The molecule has 0 unspecified atom stereocenters. The Morgan fingerprint density at radius 1 is 1.41 bits per heavy atom. The summed E-state index contributed by atoms with van der Waals surface area (Å²) in [7, 11) is 0. The van der Waals surface area contributed by atoms with E-state index in [1.54, 1.807) is 12.4 Å². The van der Waals surface area contributed by atoms with E-state index in [2.05, 4.69) is 10.3 Å². The number of nitrogens with one attached hydrogen (secondary N) is 1. The number of amides is 1. The SMILES string of the molecule is CCCOC(=O)Nc1cccc2ccncc12. The molecule has 0 aliphatic heterocycles. The van der Waals surface area contributed by atoms with E-state index in [9.17, 15) is 4.79 Å². The summed E-state index contributed by atoms with van der Waals surface area (Å²) in [4.78, 5) is 15.5. The lowest BCUT2D eigenvalue weighted by atomic mass is 10.1. The van der Waals surface area contributed by atoms with Gasteiger partial charge in [0.15, 0.2) is 0 Å². The lowest BCUT2D eigenvalue weighted by molar-refractivity contribution is 0.162. The number of nitrogens with zero attached hydrogens (tertiary/aromatic N) is 1. The van der Waals surface area contributed by atoms with Gasteiger partial charge in [-0.15, -0.1) is 0 Å². The molecule has 1 N–H and O–H groups in total. The van der Waals surface area contributed by atoms with Crippen LogP contribution in [0.25, 0.3) is 10.8 Å². The fourth-order valence-corrected chi connectivity index (χ4v) is 1.56. The van der Waals surface area contributed by atoms with Gasteiger partial charge in [0.05, 0.1) is 12.3 Å². The Morgan fingerprint density at radius 2 is 2.29 bits per heavy atom. The standard InChI is InChI=1S/C13H14N2O2/c1-2-8-17-13(16)15-12-5-3-4-10-6-7-14-9-11(10)12/h3-7,9H,2,8H2,1H3,(H,15,16). The number of rotatable bonds is 3. The van der Waals surface area contributed by atoms with Gasteiger partial charge >= 0.3 is 6.09 Å². The van der Waals surface area contributed by atoms with Gasteiger partial charge in [0, 0.05) is 17.8 Å². The van der Waals surface area contributed by atoms with Crippen LogP contribution in [0.2, 0.25) is 0 Å². The van der Waals surface area contributed by atoms with Crippen molar-refractivity contribution in [2.75, 3.05) is 11.9 Å². The van der Waals surface area contributed by atoms with E-state index >= 15 is 0 Å². The monoisotopic (exact) mass is 230 g/mol. The molecule has 1 amide bonds.